The van der Waals surface area contributed by atoms with Gasteiger partial charge in [-0.3, -0.25) is 19.6 Å². The third kappa shape index (κ3) is 3.69. The Balaban J connectivity index is 1.96. The van der Waals surface area contributed by atoms with E-state index < -0.39 is 5.25 Å². The standard InChI is InChI=1S/C21H18N4O2S2/c1-13(18(26)24-22)29-21-23-19-17(16(12-28-19)14-8-4-2-5-9-14)20(27)25(21)15-10-6-3-7-11-15/h2-13H,22H2,1H3,(H,24,26). The topological polar surface area (TPSA) is 90.0 Å². The van der Waals surface area contributed by atoms with Gasteiger partial charge in [0, 0.05) is 10.9 Å². The summed E-state index contributed by atoms with van der Waals surface area (Å²) in [4.78, 5) is 30.9. The maximum atomic E-state index is 13.6. The molecule has 1 amide bonds. The Morgan fingerprint density at radius 1 is 1.14 bits per heavy atom. The van der Waals surface area contributed by atoms with E-state index in [1.807, 2.05) is 66.0 Å². The molecule has 0 radical (unpaired) electrons. The molecule has 3 N–H and O–H groups in total. The zero-order valence-electron chi connectivity index (χ0n) is 15.5. The van der Waals surface area contributed by atoms with Crippen LogP contribution < -0.4 is 16.8 Å². The summed E-state index contributed by atoms with van der Waals surface area (Å²) in [6.07, 6.45) is 0. The average Bonchev–Trinajstić information content (AvgIpc) is 3.19. The number of hydrogen-bond acceptors (Lipinski definition) is 6. The highest BCUT2D eigenvalue weighted by Crippen LogP contribution is 2.33. The van der Waals surface area contributed by atoms with E-state index in [-0.39, 0.29) is 11.5 Å². The van der Waals surface area contributed by atoms with Gasteiger partial charge in [-0.05, 0) is 24.6 Å². The molecule has 0 saturated heterocycles. The van der Waals surface area contributed by atoms with Gasteiger partial charge in [0.2, 0.25) is 5.91 Å². The molecular weight excluding hydrogens is 404 g/mol. The predicted molar refractivity (Wildman–Crippen MR) is 118 cm³/mol. The van der Waals surface area contributed by atoms with Gasteiger partial charge in [-0.1, -0.05) is 60.3 Å². The van der Waals surface area contributed by atoms with Gasteiger partial charge in [0.15, 0.2) is 5.16 Å². The van der Waals surface area contributed by atoms with Crippen molar-refractivity contribution in [1.29, 1.82) is 0 Å². The highest BCUT2D eigenvalue weighted by Gasteiger charge is 2.22. The summed E-state index contributed by atoms with van der Waals surface area (Å²) < 4.78 is 1.56. The first-order valence-corrected chi connectivity index (χ1v) is 10.7. The second kappa shape index (κ2) is 8.20. The summed E-state index contributed by atoms with van der Waals surface area (Å²) >= 11 is 2.62. The number of hydrogen-bond donors (Lipinski definition) is 2. The highest BCUT2D eigenvalue weighted by atomic mass is 32.2. The number of thioether (sulfide) groups is 1. The number of nitrogens with zero attached hydrogens (tertiary/aromatic N) is 2. The summed E-state index contributed by atoms with van der Waals surface area (Å²) in [5.41, 5.74) is 4.51. The molecule has 0 spiro atoms. The molecule has 2 aromatic heterocycles. The Morgan fingerprint density at radius 2 is 1.79 bits per heavy atom. The van der Waals surface area contributed by atoms with Crippen LogP contribution in [-0.4, -0.2) is 20.7 Å². The molecule has 0 aliphatic carbocycles. The first kappa shape index (κ1) is 19.4. The summed E-state index contributed by atoms with van der Waals surface area (Å²) in [5.74, 6) is 4.93. The fraction of sp³-hybridized carbons (Fsp3) is 0.0952. The summed E-state index contributed by atoms with van der Waals surface area (Å²) in [7, 11) is 0. The number of carbonyl (C=O) groups excluding carboxylic acids is 1. The molecule has 146 valence electrons. The molecule has 0 bridgehead atoms. The summed E-state index contributed by atoms with van der Waals surface area (Å²) in [6, 6.07) is 19.1. The SMILES string of the molecule is CC(Sc1nc2scc(-c3ccccc3)c2c(=O)n1-c1ccccc1)C(=O)NN. The largest absolute Gasteiger partial charge is 0.293 e. The van der Waals surface area contributed by atoms with Crippen LogP contribution in [0, 0.1) is 0 Å². The van der Waals surface area contributed by atoms with Crippen LogP contribution in [0.15, 0.2) is 76.0 Å². The lowest BCUT2D eigenvalue weighted by Gasteiger charge is -2.15. The van der Waals surface area contributed by atoms with E-state index >= 15 is 0 Å². The van der Waals surface area contributed by atoms with Gasteiger partial charge in [-0.2, -0.15) is 0 Å². The molecule has 6 nitrogen and oxygen atoms in total. The first-order valence-electron chi connectivity index (χ1n) is 8.92. The quantitative estimate of drug-likeness (QED) is 0.169. The number of thiophene rings is 1. The van der Waals surface area contributed by atoms with E-state index in [0.717, 1.165) is 11.1 Å². The molecule has 29 heavy (non-hydrogen) atoms. The minimum Gasteiger partial charge on any atom is -0.293 e. The first-order chi connectivity index (χ1) is 14.1. The molecule has 1 unspecified atom stereocenters. The number of nitrogens with two attached hydrogens (primary N) is 1. The van der Waals surface area contributed by atoms with E-state index in [9.17, 15) is 9.59 Å². The summed E-state index contributed by atoms with van der Waals surface area (Å²) in [6.45, 7) is 1.72. The fourth-order valence-corrected chi connectivity index (χ4v) is 4.94. The van der Waals surface area contributed by atoms with Crippen molar-refractivity contribution in [3.05, 3.63) is 76.4 Å². The molecule has 2 heterocycles. The zero-order chi connectivity index (χ0) is 20.4. The number of amides is 1. The second-order valence-corrected chi connectivity index (χ2v) is 8.50. The van der Waals surface area contributed by atoms with Gasteiger partial charge in [0.1, 0.15) is 4.83 Å². The third-order valence-electron chi connectivity index (χ3n) is 4.47. The fourth-order valence-electron chi connectivity index (χ4n) is 3.02. The van der Waals surface area contributed by atoms with E-state index in [1.165, 1.54) is 23.1 Å². The molecular formula is C21H18N4O2S2. The molecule has 2 aromatic carbocycles. The van der Waals surface area contributed by atoms with Gasteiger partial charge in [0.05, 0.1) is 16.3 Å². The van der Waals surface area contributed by atoms with Crippen LogP contribution in [0.2, 0.25) is 0 Å². The van der Waals surface area contributed by atoms with Crippen LogP contribution in [0.1, 0.15) is 6.92 Å². The van der Waals surface area contributed by atoms with Crippen molar-refractivity contribution < 1.29 is 4.79 Å². The van der Waals surface area contributed by atoms with Gasteiger partial charge in [0.25, 0.3) is 5.56 Å². The van der Waals surface area contributed by atoms with Crippen molar-refractivity contribution >= 4 is 39.2 Å². The Bertz CT molecular complexity index is 1220. The van der Waals surface area contributed by atoms with Crippen LogP contribution in [0.25, 0.3) is 27.0 Å². The number of aromatic nitrogens is 2. The lowest BCUT2D eigenvalue weighted by atomic mass is 10.1. The van der Waals surface area contributed by atoms with Crippen LogP contribution in [0.3, 0.4) is 0 Å². The highest BCUT2D eigenvalue weighted by molar-refractivity contribution is 8.00. The van der Waals surface area contributed by atoms with Crippen molar-refractivity contribution in [3.63, 3.8) is 0 Å². The van der Waals surface area contributed by atoms with Gasteiger partial charge < -0.3 is 0 Å². The minimum absolute atomic E-state index is 0.163. The van der Waals surface area contributed by atoms with Crippen molar-refractivity contribution in [2.75, 3.05) is 0 Å². The molecule has 8 heteroatoms. The minimum atomic E-state index is -0.507. The molecule has 0 aliphatic heterocycles. The Labute approximate surface area is 175 Å². The maximum absolute atomic E-state index is 13.6. The number of carbonyl (C=O) groups is 1. The number of fused-ring (bicyclic) bond motifs is 1. The molecule has 4 aromatic rings. The number of hydrazine groups is 1. The van der Waals surface area contributed by atoms with Crippen LogP contribution in [-0.2, 0) is 4.79 Å². The van der Waals surface area contributed by atoms with Gasteiger partial charge in [-0.15, -0.1) is 11.3 Å². The molecule has 0 saturated carbocycles. The maximum Gasteiger partial charge on any atom is 0.268 e. The Hall–Kier alpha value is -2.94. The third-order valence-corrected chi connectivity index (χ3v) is 6.39. The van der Waals surface area contributed by atoms with Crippen LogP contribution in [0.4, 0.5) is 0 Å². The van der Waals surface area contributed by atoms with E-state index in [1.54, 1.807) is 11.5 Å². The van der Waals surface area contributed by atoms with E-state index in [0.29, 0.717) is 21.1 Å². The van der Waals surface area contributed by atoms with Crippen LogP contribution in [0.5, 0.6) is 0 Å². The number of rotatable bonds is 5. The number of para-hydroxylation sites is 1. The predicted octanol–water partition coefficient (Wildman–Crippen LogP) is 3.58. The molecule has 0 fully saturated rings. The van der Waals surface area contributed by atoms with Crippen molar-refractivity contribution in [1.82, 2.24) is 15.0 Å². The second-order valence-electron chi connectivity index (χ2n) is 6.33. The zero-order valence-corrected chi connectivity index (χ0v) is 17.2. The molecule has 4 rings (SSSR count). The van der Waals surface area contributed by atoms with E-state index in [2.05, 4.69) is 5.43 Å². The summed E-state index contributed by atoms with van der Waals surface area (Å²) in [5, 5.41) is 2.47. The average molecular weight is 423 g/mol. The monoisotopic (exact) mass is 422 g/mol. The molecule has 1 atom stereocenters. The number of nitrogens with one attached hydrogen (secondary N) is 1. The van der Waals surface area contributed by atoms with Gasteiger partial charge >= 0.3 is 0 Å². The normalized spacial score (nSPS) is 12.1. The van der Waals surface area contributed by atoms with Crippen molar-refractivity contribution in [2.24, 2.45) is 5.84 Å². The van der Waals surface area contributed by atoms with Crippen LogP contribution >= 0.6 is 23.1 Å². The lowest BCUT2D eigenvalue weighted by molar-refractivity contribution is -0.120. The molecule has 0 aliphatic rings. The lowest BCUT2D eigenvalue weighted by Crippen LogP contribution is -2.36. The smallest absolute Gasteiger partial charge is 0.268 e. The van der Waals surface area contributed by atoms with E-state index in [4.69, 9.17) is 10.8 Å². The number of benzene rings is 2. The Morgan fingerprint density at radius 3 is 2.45 bits per heavy atom. The Kier molecular flexibility index (Phi) is 5.48. The van der Waals surface area contributed by atoms with Gasteiger partial charge in [-0.25, -0.2) is 10.8 Å². The van der Waals surface area contributed by atoms with Crippen molar-refractivity contribution in [2.45, 2.75) is 17.3 Å². The van der Waals surface area contributed by atoms with Crippen molar-refractivity contribution in [3.8, 4) is 16.8 Å².